The van der Waals surface area contributed by atoms with Crippen LogP contribution in [-0.2, 0) is 0 Å². The van der Waals surface area contributed by atoms with Crippen molar-refractivity contribution in [3.63, 3.8) is 0 Å². The summed E-state index contributed by atoms with van der Waals surface area (Å²) in [5, 5.41) is 0. The average Bonchev–Trinajstić information content (AvgIpc) is 2.18. The van der Waals surface area contributed by atoms with E-state index < -0.39 is 30.6 Å². The van der Waals surface area contributed by atoms with Gasteiger partial charge in [0.1, 0.15) is 6.67 Å². The summed E-state index contributed by atoms with van der Waals surface area (Å²) in [4.78, 5) is 0. The Balaban J connectivity index is 2.92. The first-order chi connectivity index (χ1) is 7.33. The van der Waals surface area contributed by atoms with Crippen LogP contribution in [0.5, 0.6) is 5.75 Å². The smallest absolute Gasteiger partial charge is 0.403 e. The summed E-state index contributed by atoms with van der Waals surface area (Å²) < 4.78 is 63.9. The molecule has 1 rings (SSSR count). The van der Waals surface area contributed by atoms with E-state index in [9.17, 15) is 22.0 Å². The second kappa shape index (κ2) is 4.65. The summed E-state index contributed by atoms with van der Waals surface area (Å²) in [5.41, 5.74) is 5.30. The molecule has 0 unspecified atom stereocenters. The van der Waals surface area contributed by atoms with Crippen molar-refractivity contribution in [1.82, 2.24) is 0 Å². The minimum Gasteiger partial charge on any atom is -0.403 e. The second-order valence-electron chi connectivity index (χ2n) is 3.00. The number of ether oxygens (including phenoxy) is 1. The normalized spacial score (nSPS) is 13.6. The Morgan fingerprint density at radius 2 is 1.94 bits per heavy atom. The molecule has 0 saturated heterocycles. The van der Waals surface area contributed by atoms with Gasteiger partial charge in [-0.2, -0.15) is 0 Å². The van der Waals surface area contributed by atoms with Gasteiger partial charge < -0.3 is 10.5 Å². The third-order valence-electron chi connectivity index (χ3n) is 1.78. The molecule has 2 nitrogen and oxygen atoms in total. The van der Waals surface area contributed by atoms with Crippen molar-refractivity contribution in [2.75, 3.05) is 6.67 Å². The van der Waals surface area contributed by atoms with Crippen LogP contribution >= 0.6 is 0 Å². The van der Waals surface area contributed by atoms with E-state index in [0.29, 0.717) is 6.07 Å². The van der Waals surface area contributed by atoms with E-state index in [-0.39, 0.29) is 5.56 Å². The van der Waals surface area contributed by atoms with Gasteiger partial charge in [0.15, 0.2) is 11.6 Å². The predicted octanol–water partition coefficient (Wildman–Crippen LogP) is 2.69. The summed E-state index contributed by atoms with van der Waals surface area (Å²) in [6.07, 6.45) is -4.97. The molecule has 0 aliphatic heterocycles. The van der Waals surface area contributed by atoms with Crippen molar-refractivity contribution in [2.45, 2.75) is 12.4 Å². The molecule has 0 saturated carbocycles. The van der Waals surface area contributed by atoms with Crippen molar-refractivity contribution < 1.29 is 26.7 Å². The monoisotopic (exact) mass is 241 g/mol. The molecular weight excluding hydrogens is 233 g/mol. The Morgan fingerprint density at radius 3 is 2.38 bits per heavy atom. The van der Waals surface area contributed by atoms with Gasteiger partial charge in [0.05, 0.1) is 6.04 Å². The third-order valence-corrected chi connectivity index (χ3v) is 1.78. The molecule has 16 heavy (non-hydrogen) atoms. The number of rotatable bonds is 3. The fourth-order valence-electron chi connectivity index (χ4n) is 1.04. The fourth-order valence-corrected chi connectivity index (χ4v) is 1.04. The minimum atomic E-state index is -4.97. The maximum atomic E-state index is 13.1. The zero-order valence-electron chi connectivity index (χ0n) is 7.89. The molecule has 1 aromatic rings. The number of hydrogen-bond acceptors (Lipinski definition) is 2. The number of benzene rings is 1. The molecule has 7 heteroatoms. The van der Waals surface area contributed by atoms with Gasteiger partial charge in [-0.1, -0.05) is 6.07 Å². The van der Waals surface area contributed by atoms with Crippen LogP contribution in [-0.4, -0.2) is 13.0 Å². The molecule has 90 valence electrons. The maximum absolute atomic E-state index is 13.1. The summed E-state index contributed by atoms with van der Waals surface area (Å²) in [5.74, 6) is -2.21. The summed E-state index contributed by atoms with van der Waals surface area (Å²) in [7, 11) is 0. The quantitative estimate of drug-likeness (QED) is 0.826. The molecular formula is C9H8F5NO. The van der Waals surface area contributed by atoms with Crippen molar-refractivity contribution in [1.29, 1.82) is 0 Å². The van der Waals surface area contributed by atoms with E-state index in [1.54, 1.807) is 0 Å². The Labute approximate surface area is 87.8 Å². The Bertz CT molecular complexity index is 365. The molecule has 0 amide bonds. The number of halogens is 5. The van der Waals surface area contributed by atoms with Crippen molar-refractivity contribution >= 4 is 0 Å². The Hall–Kier alpha value is -1.37. The lowest BCUT2D eigenvalue weighted by atomic mass is 10.1. The molecule has 0 aliphatic carbocycles. The summed E-state index contributed by atoms with van der Waals surface area (Å²) in [6.45, 7) is -0.932. The van der Waals surface area contributed by atoms with Gasteiger partial charge in [-0.25, -0.2) is 8.78 Å². The van der Waals surface area contributed by atoms with E-state index in [1.165, 1.54) is 0 Å². The van der Waals surface area contributed by atoms with Crippen LogP contribution in [0.2, 0.25) is 0 Å². The highest BCUT2D eigenvalue weighted by Gasteiger charge is 2.32. The Kier molecular flexibility index (Phi) is 3.69. The van der Waals surface area contributed by atoms with E-state index in [0.717, 1.165) is 12.1 Å². The van der Waals surface area contributed by atoms with Gasteiger partial charge in [0.2, 0.25) is 0 Å². The van der Waals surface area contributed by atoms with Crippen LogP contribution in [0.15, 0.2) is 18.2 Å². The topological polar surface area (TPSA) is 35.2 Å². The summed E-state index contributed by atoms with van der Waals surface area (Å²) >= 11 is 0. The highest BCUT2D eigenvalue weighted by atomic mass is 19.4. The standard InChI is InChI=1S/C9H8F5NO/c10-4-7(15)5-1-2-8(6(11)3-5)16-9(12,13)14/h1-3,7H,4,15H2/t7-/m0/s1. The lowest BCUT2D eigenvalue weighted by molar-refractivity contribution is -0.275. The third kappa shape index (κ3) is 3.34. The minimum absolute atomic E-state index is 0.0644. The molecule has 0 heterocycles. The molecule has 0 radical (unpaired) electrons. The van der Waals surface area contributed by atoms with Crippen LogP contribution in [0.1, 0.15) is 11.6 Å². The highest BCUT2D eigenvalue weighted by Crippen LogP contribution is 2.27. The van der Waals surface area contributed by atoms with E-state index >= 15 is 0 Å². The number of hydrogen-bond donors (Lipinski definition) is 1. The molecule has 0 bridgehead atoms. The Morgan fingerprint density at radius 1 is 1.31 bits per heavy atom. The van der Waals surface area contributed by atoms with Crippen LogP contribution in [0.3, 0.4) is 0 Å². The molecule has 1 atom stereocenters. The van der Waals surface area contributed by atoms with Gasteiger partial charge in [-0.15, -0.1) is 13.2 Å². The molecule has 0 aromatic heterocycles. The lowest BCUT2D eigenvalue weighted by Crippen LogP contribution is -2.18. The van der Waals surface area contributed by atoms with Crippen LogP contribution in [0.25, 0.3) is 0 Å². The predicted molar refractivity (Wildman–Crippen MR) is 46.0 cm³/mol. The van der Waals surface area contributed by atoms with Crippen LogP contribution in [0.4, 0.5) is 22.0 Å². The molecule has 0 spiro atoms. The van der Waals surface area contributed by atoms with Crippen LogP contribution < -0.4 is 10.5 Å². The first-order valence-corrected chi connectivity index (χ1v) is 4.20. The summed E-state index contributed by atoms with van der Waals surface area (Å²) in [6, 6.07) is 1.49. The second-order valence-corrected chi connectivity index (χ2v) is 3.00. The first-order valence-electron chi connectivity index (χ1n) is 4.20. The maximum Gasteiger partial charge on any atom is 0.573 e. The van der Waals surface area contributed by atoms with E-state index in [4.69, 9.17) is 5.73 Å². The molecule has 0 aliphatic rings. The van der Waals surface area contributed by atoms with E-state index in [1.807, 2.05) is 0 Å². The van der Waals surface area contributed by atoms with Gasteiger partial charge in [-0.05, 0) is 17.7 Å². The zero-order valence-corrected chi connectivity index (χ0v) is 7.89. The number of alkyl halides is 4. The highest BCUT2D eigenvalue weighted by molar-refractivity contribution is 5.31. The first kappa shape index (κ1) is 12.7. The van der Waals surface area contributed by atoms with Crippen molar-refractivity contribution in [3.8, 4) is 5.75 Å². The SMILES string of the molecule is N[C@@H](CF)c1ccc(OC(F)(F)F)c(F)c1. The van der Waals surface area contributed by atoms with Gasteiger partial charge in [-0.3, -0.25) is 0 Å². The van der Waals surface area contributed by atoms with Crippen molar-refractivity contribution in [2.24, 2.45) is 5.73 Å². The largest absolute Gasteiger partial charge is 0.573 e. The average molecular weight is 241 g/mol. The van der Waals surface area contributed by atoms with Crippen LogP contribution in [0, 0.1) is 5.82 Å². The van der Waals surface area contributed by atoms with Crippen molar-refractivity contribution in [3.05, 3.63) is 29.6 Å². The van der Waals surface area contributed by atoms with Gasteiger partial charge in [0, 0.05) is 0 Å². The lowest BCUT2D eigenvalue weighted by Gasteiger charge is -2.12. The molecule has 1 aromatic carbocycles. The van der Waals surface area contributed by atoms with Gasteiger partial charge >= 0.3 is 6.36 Å². The number of nitrogens with two attached hydrogens (primary N) is 1. The molecule has 2 N–H and O–H groups in total. The fraction of sp³-hybridized carbons (Fsp3) is 0.333. The van der Waals surface area contributed by atoms with E-state index in [2.05, 4.69) is 4.74 Å². The van der Waals surface area contributed by atoms with Gasteiger partial charge in [0.25, 0.3) is 0 Å². The molecule has 0 fully saturated rings. The zero-order chi connectivity index (χ0) is 12.3.